The number of fused-ring (bicyclic) bond motifs is 2. The van der Waals surface area contributed by atoms with Crippen molar-refractivity contribution in [2.24, 2.45) is 17.8 Å². The van der Waals surface area contributed by atoms with Gasteiger partial charge in [-0.1, -0.05) is 17.3 Å². The van der Waals surface area contributed by atoms with Gasteiger partial charge in [0.2, 0.25) is 0 Å². The van der Waals surface area contributed by atoms with Crippen molar-refractivity contribution in [1.29, 1.82) is 0 Å². The highest BCUT2D eigenvalue weighted by atomic mass is 16.3. The molecule has 4 atom stereocenters. The zero-order chi connectivity index (χ0) is 16.7. The van der Waals surface area contributed by atoms with Crippen LogP contribution in [0.5, 0.6) is 0 Å². The van der Waals surface area contributed by atoms with E-state index in [9.17, 15) is 9.90 Å². The number of carbonyl (C=O) groups is 1. The van der Waals surface area contributed by atoms with Crippen LogP contribution in [0.2, 0.25) is 0 Å². The second kappa shape index (κ2) is 6.02. The minimum atomic E-state index is -0.204. The Hall–Kier alpha value is -2.21. The van der Waals surface area contributed by atoms with Crippen LogP contribution in [0.4, 0.5) is 0 Å². The highest BCUT2D eigenvalue weighted by Gasteiger charge is 2.47. The van der Waals surface area contributed by atoms with E-state index in [1.54, 1.807) is 10.9 Å². The number of nitrogens with zero attached hydrogens (tertiary/aromatic N) is 3. The predicted octanol–water partition coefficient (Wildman–Crippen LogP) is 1.71. The quantitative estimate of drug-likeness (QED) is 0.896. The molecule has 6 heteroatoms. The number of hydrogen-bond acceptors (Lipinski definition) is 4. The Labute approximate surface area is 140 Å². The highest BCUT2D eigenvalue weighted by Crippen LogP contribution is 2.48. The molecule has 1 aromatic heterocycles. The Balaban J connectivity index is 1.49. The summed E-state index contributed by atoms with van der Waals surface area (Å²) < 4.78 is 1.62. The Kier molecular flexibility index (Phi) is 3.84. The first-order chi connectivity index (χ1) is 11.7. The third kappa shape index (κ3) is 2.60. The molecule has 2 bridgehead atoms. The maximum absolute atomic E-state index is 12.5. The van der Waals surface area contributed by atoms with Crippen molar-refractivity contribution in [3.05, 3.63) is 41.7 Å². The van der Waals surface area contributed by atoms with Crippen molar-refractivity contribution in [3.8, 4) is 5.69 Å². The topological polar surface area (TPSA) is 80.0 Å². The third-order valence-corrected chi connectivity index (χ3v) is 5.59. The van der Waals surface area contributed by atoms with Crippen LogP contribution in [0.3, 0.4) is 0 Å². The number of aryl methyl sites for hydroxylation is 1. The maximum Gasteiger partial charge on any atom is 0.273 e. The smallest absolute Gasteiger partial charge is 0.273 e. The summed E-state index contributed by atoms with van der Waals surface area (Å²) in [7, 11) is 0. The number of rotatable bonds is 4. The molecule has 1 heterocycles. The third-order valence-electron chi connectivity index (χ3n) is 5.59. The van der Waals surface area contributed by atoms with E-state index in [1.165, 1.54) is 6.42 Å². The molecule has 4 rings (SSSR count). The average molecular weight is 326 g/mol. The Morgan fingerprint density at radius 3 is 3.00 bits per heavy atom. The summed E-state index contributed by atoms with van der Waals surface area (Å²) in [5.74, 6) is 1.01. The largest absolute Gasteiger partial charge is 0.396 e. The summed E-state index contributed by atoms with van der Waals surface area (Å²) in [5.41, 5.74) is 2.33. The fourth-order valence-corrected chi connectivity index (χ4v) is 4.39. The lowest BCUT2D eigenvalue weighted by atomic mass is 9.85. The number of aliphatic hydroxyl groups excluding tert-OH is 1. The molecule has 4 unspecified atom stereocenters. The molecule has 0 aliphatic heterocycles. The maximum atomic E-state index is 12.5. The lowest BCUT2D eigenvalue weighted by Gasteiger charge is -2.30. The normalized spacial score (nSPS) is 28.2. The van der Waals surface area contributed by atoms with E-state index < -0.39 is 0 Å². The van der Waals surface area contributed by atoms with Gasteiger partial charge in [-0.3, -0.25) is 4.79 Å². The molecular formula is C18H22N4O2. The van der Waals surface area contributed by atoms with Crippen LogP contribution >= 0.6 is 0 Å². The molecular weight excluding hydrogens is 304 g/mol. The molecule has 2 aliphatic rings. The summed E-state index contributed by atoms with van der Waals surface area (Å²) >= 11 is 0. The van der Waals surface area contributed by atoms with Crippen molar-refractivity contribution in [1.82, 2.24) is 20.3 Å². The Morgan fingerprint density at radius 1 is 1.38 bits per heavy atom. The molecule has 2 N–H and O–H groups in total. The number of nitrogens with one attached hydrogen (secondary N) is 1. The van der Waals surface area contributed by atoms with Gasteiger partial charge in [0, 0.05) is 18.6 Å². The van der Waals surface area contributed by atoms with Gasteiger partial charge in [0.25, 0.3) is 5.91 Å². The number of aliphatic hydroxyl groups is 1. The van der Waals surface area contributed by atoms with E-state index in [1.807, 2.05) is 31.2 Å². The molecule has 0 spiro atoms. The summed E-state index contributed by atoms with van der Waals surface area (Å²) in [5, 5.41) is 20.8. The molecule has 0 saturated heterocycles. The van der Waals surface area contributed by atoms with E-state index in [4.69, 9.17) is 0 Å². The Morgan fingerprint density at radius 2 is 2.21 bits per heavy atom. The second-order valence-electron chi connectivity index (χ2n) is 7.07. The molecule has 2 fully saturated rings. The van der Waals surface area contributed by atoms with Crippen LogP contribution in [-0.2, 0) is 0 Å². The summed E-state index contributed by atoms with van der Waals surface area (Å²) in [4.78, 5) is 12.5. The SMILES string of the molecule is Cc1cccc(-n2cc(C(=O)NC3C4CCC(C4)C3CO)nn2)c1. The molecule has 1 amide bonds. The van der Waals surface area contributed by atoms with Crippen LogP contribution < -0.4 is 5.32 Å². The van der Waals surface area contributed by atoms with Gasteiger partial charge in [0.15, 0.2) is 5.69 Å². The van der Waals surface area contributed by atoms with Gasteiger partial charge in [-0.25, -0.2) is 4.68 Å². The Bertz CT molecular complexity index is 757. The van der Waals surface area contributed by atoms with E-state index in [0.717, 1.165) is 24.1 Å². The number of amides is 1. The predicted molar refractivity (Wildman–Crippen MR) is 88.8 cm³/mol. The number of carbonyl (C=O) groups excluding carboxylic acids is 1. The van der Waals surface area contributed by atoms with Crippen LogP contribution in [0.1, 0.15) is 35.3 Å². The molecule has 6 nitrogen and oxygen atoms in total. The van der Waals surface area contributed by atoms with Gasteiger partial charge < -0.3 is 10.4 Å². The monoisotopic (exact) mass is 326 g/mol. The number of aromatic nitrogens is 3. The molecule has 126 valence electrons. The summed E-state index contributed by atoms with van der Waals surface area (Å²) in [6.07, 6.45) is 5.09. The standard InChI is InChI=1S/C18H22N4O2/c1-11-3-2-4-14(7-11)22-9-16(20-21-22)18(24)19-17-13-6-5-12(8-13)15(17)10-23/h2-4,7,9,12-13,15,17,23H,5-6,8,10H2,1H3,(H,19,24). The van der Waals surface area contributed by atoms with Gasteiger partial charge in [-0.2, -0.15) is 0 Å². The molecule has 24 heavy (non-hydrogen) atoms. The first-order valence-electron chi connectivity index (χ1n) is 8.57. The summed E-state index contributed by atoms with van der Waals surface area (Å²) in [6, 6.07) is 7.95. The van der Waals surface area contributed by atoms with Crippen LogP contribution in [-0.4, -0.2) is 38.7 Å². The van der Waals surface area contributed by atoms with Gasteiger partial charge >= 0.3 is 0 Å². The van der Waals surface area contributed by atoms with Crippen molar-refractivity contribution < 1.29 is 9.90 Å². The van der Waals surface area contributed by atoms with Crippen molar-refractivity contribution >= 4 is 5.91 Å². The van der Waals surface area contributed by atoms with E-state index >= 15 is 0 Å². The molecule has 2 saturated carbocycles. The van der Waals surface area contributed by atoms with Gasteiger partial charge in [0.05, 0.1) is 11.9 Å². The minimum Gasteiger partial charge on any atom is -0.396 e. The van der Waals surface area contributed by atoms with Crippen molar-refractivity contribution in [2.75, 3.05) is 6.61 Å². The fraction of sp³-hybridized carbons (Fsp3) is 0.500. The summed E-state index contributed by atoms with van der Waals surface area (Å²) in [6.45, 7) is 2.15. The zero-order valence-electron chi connectivity index (χ0n) is 13.7. The van der Waals surface area contributed by atoms with E-state index in [0.29, 0.717) is 17.5 Å². The minimum absolute atomic E-state index is 0.0605. The molecule has 0 radical (unpaired) electrons. The van der Waals surface area contributed by atoms with Crippen LogP contribution in [0.15, 0.2) is 30.5 Å². The zero-order valence-corrected chi connectivity index (χ0v) is 13.7. The average Bonchev–Trinajstić information content (AvgIpc) is 3.30. The van der Waals surface area contributed by atoms with Gasteiger partial charge in [-0.15, -0.1) is 5.10 Å². The van der Waals surface area contributed by atoms with E-state index in [-0.39, 0.29) is 24.5 Å². The van der Waals surface area contributed by atoms with Gasteiger partial charge in [-0.05, 0) is 55.7 Å². The van der Waals surface area contributed by atoms with Crippen LogP contribution in [0, 0.1) is 24.7 Å². The first kappa shape index (κ1) is 15.3. The fourth-order valence-electron chi connectivity index (χ4n) is 4.39. The second-order valence-corrected chi connectivity index (χ2v) is 7.07. The lowest BCUT2D eigenvalue weighted by Crippen LogP contribution is -2.45. The number of benzene rings is 1. The molecule has 1 aromatic carbocycles. The van der Waals surface area contributed by atoms with E-state index in [2.05, 4.69) is 15.6 Å². The molecule has 2 aromatic rings. The lowest BCUT2D eigenvalue weighted by molar-refractivity contribution is 0.0856. The molecule has 2 aliphatic carbocycles. The van der Waals surface area contributed by atoms with Crippen molar-refractivity contribution in [3.63, 3.8) is 0 Å². The van der Waals surface area contributed by atoms with Crippen molar-refractivity contribution in [2.45, 2.75) is 32.2 Å². The van der Waals surface area contributed by atoms with Gasteiger partial charge in [0.1, 0.15) is 0 Å². The number of hydrogen-bond donors (Lipinski definition) is 2. The highest BCUT2D eigenvalue weighted by molar-refractivity contribution is 5.92. The van der Waals surface area contributed by atoms with Crippen LogP contribution in [0.25, 0.3) is 5.69 Å². The first-order valence-corrected chi connectivity index (χ1v) is 8.57.